The molecular weight excluding hydrogens is 260 g/mol. The molecule has 0 aliphatic rings. The number of anilines is 1. The van der Waals surface area contributed by atoms with Crippen LogP contribution in [0.15, 0.2) is 16.7 Å². The molecule has 0 fully saturated rings. The number of hydrogen-bond acceptors (Lipinski definition) is 3. The van der Waals surface area contributed by atoms with Crippen LogP contribution in [0.1, 0.15) is 12.5 Å². The Morgan fingerprint density at radius 1 is 1.64 bits per heavy atom. The molecule has 1 unspecified atom stereocenters. The van der Waals surface area contributed by atoms with Crippen molar-refractivity contribution in [3.63, 3.8) is 0 Å². The third-order valence-corrected chi connectivity index (χ3v) is 4.01. The van der Waals surface area contributed by atoms with E-state index in [2.05, 4.69) is 46.3 Å². The van der Waals surface area contributed by atoms with Gasteiger partial charge in [0.15, 0.2) is 0 Å². The summed E-state index contributed by atoms with van der Waals surface area (Å²) < 4.78 is 1.06. The first kappa shape index (κ1) is 11.9. The summed E-state index contributed by atoms with van der Waals surface area (Å²) in [6.07, 6.45) is 3.94. The van der Waals surface area contributed by atoms with Gasteiger partial charge in [0.2, 0.25) is 0 Å². The second-order valence-electron chi connectivity index (χ2n) is 3.22. The van der Waals surface area contributed by atoms with Gasteiger partial charge in [-0.3, -0.25) is 0 Å². The number of pyridine rings is 1. The van der Waals surface area contributed by atoms with Gasteiger partial charge < -0.3 is 5.32 Å². The minimum atomic E-state index is 0.601. The number of nitrogens with zero attached hydrogens (tertiary/aromatic N) is 1. The topological polar surface area (TPSA) is 24.9 Å². The molecule has 0 aliphatic heterocycles. The van der Waals surface area contributed by atoms with Crippen molar-refractivity contribution in [2.45, 2.75) is 19.1 Å². The Morgan fingerprint density at radius 2 is 2.36 bits per heavy atom. The first-order valence-electron chi connectivity index (χ1n) is 4.53. The molecular formula is C10H15BrN2S. The highest BCUT2D eigenvalue weighted by Crippen LogP contribution is 2.23. The molecule has 1 aromatic heterocycles. The summed E-state index contributed by atoms with van der Waals surface area (Å²) >= 11 is 5.37. The number of aromatic nitrogens is 1. The van der Waals surface area contributed by atoms with Crippen molar-refractivity contribution >= 4 is 33.5 Å². The maximum atomic E-state index is 4.28. The van der Waals surface area contributed by atoms with Crippen molar-refractivity contribution in [3.05, 3.63) is 22.3 Å². The highest BCUT2D eigenvalue weighted by Gasteiger charge is 2.04. The second-order valence-corrected chi connectivity index (χ2v) is 5.29. The molecule has 1 heterocycles. The smallest absolute Gasteiger partial charge is 0.140 e. The van der Waals surface area contributed by atoms with Gasteiger partial charge in [0.05, 0.1) is 4.47 Å². The van der Waals surface area contributed by atoms with E-state index in [0.717, 1.165) is 16.8 Å². The molecule has 1 rings (SSSR count). The molecule has 0 saturated heterocycles. The van der Waals surface area contributed by atoms with Crippen molar-refractivity contribution < 1.29 is 0 Å². The van der Waals surface area contributed by atoms with E-state index >= 15 is 0 Å². The molecule has 0 aliphatic carbocycles. The van der Waals surface area contributed by atoms with Crippen molar-refractivity contribution in [2.24, 2.45) is 0 Å². The highest BCUT2D eigenvalue weighted by molar-refractivity contribution is 9.10. The summed E-state index contributed by atoms with van der Waals surface area (Å²) in [4.78, 5) is 4.28. The Hall–Kier alpha value is -0.220. The third kappa shape index (κ3) is 3.17. The van der Waals surface area contributed by atoms with Gasteiger partial charge in [0, 0.05) is 18.0 Å². The van der Waals surface area contributed by atoms with Gasteiger partial charge in [0.25, 0.3) is 0 Å². The molecule has 2 nitrogen and oxygen atoms in total. The fourth-order valence-corrected chi connectivity index (χ4v) is 1.61. The van der Waals surface area contributed by atoms with Crippen LogP contribution in [0, 0.1) is 6.92 Å². The fourth-order valence-electron chi connectivity index (χ4n) is 0.987. The maximum Gasteiger partial charge on any atom is 0.140 e. The lowest BCUT2D eigenvalue weighted by atomic mass is 10.3. The van der Waals surface area contributed by atoms with Crippen molar-refractivity contribution in [1.82, 2.24) is 4.98 Å². The van der Waals surface area contributed by atoms with Crippen LogP contribution in [0.5, 0.6) is 0 Å². The molecule has 0 spiro atoms. The predicted molar refractivity (Wildman–Crippen MR) is 68.1 cm³/mol. The summed E-state index contributed by atoms with van der Waals surface area (Å²) in [5.41, 5.74) is 1.21. The van der Waals surface area contributed by atoms with Gasteiger partial charge in [0.1, 0.15) is 5.82 Å². The van der Waals surface area contributed by atoms with Crippen LogP contribution < -0.4 is 5.32 Å². The van der Waals surface area contributed by atoms with Gasteiger partial charge in [-0.1, -0.05) is 6.92 Å². The van der Waals surface area contributed by atoms with Gasteiger partial charge in [-0.2, -0.15) is 11.8 Å². The number of thioether (sulfide) groups is 1. The molecule has 14 heavy (non-hydrogen) atoms. The molecule has 0 bridgehead atoms. The largest absolute Gasteiger partial charge is 0.368 e. The Morgan fingerprint density at radius 3 is 3.00 bits per heavy atom. The van der Waals surface area contributed by atoms with Gasteiger partial charge in [-0.05, 0) is 40.7 Å². The average Bonchev–Trinajstić information content (AvgIpc) is 2.20. The van der Waals surface area contributed by atoms with Crippen LogP contribution in [0.25, 0.3) is 0 Å². The van der Waals surface area contributed by atoms with E-state index in [4.69, 9.17) is 0 Å². The van der Waals surface area contributed by atoms with Crippen molar-refractivity contribution in [2.75, 3.05) is 18.1 Å². The Labute approximate surface area is 98.0 Å². The molecule has 78 valence electrons. The molecule has 1 atom stereocenters. The number of rotatable bonds is 4. The molecule has 4 heteroatoms. The number of hydrogen-bond donors (Lipinski definition) is 1. The lowest BCUT2D eigenvalue weighted by Crippen LogP contribution is -2.13. The summed E-state index contributed by atoms with van der Waals surface area (Å²) in [6.45, 7) is 5.20. The van der Waals surface area contributed by atoms with Crippen LogP contribution in [0.4, 0.5) is 5.82 Å². The normalized spacial score (nSPS) is 12.6. The third-order valence-electron chi connectivity index (χ3n) is 2.04. The summed E-state index contributed by atoms with van der Waals surface area (Å²) in [5, 5.41) is 3.93. The monoisotopic (exact) mass is 274 g/mol. The molecule has 1 aromatic rings. The van der Waals surface area contributed by atoms with Crippen LogP contribution >= 0.6 is 27.7 Å². The van der Waals surface area contributed by atoms with Crippen LogP contribution in [-0.4, -0.2) is 23.0 Å². The fraction of sp³-hybridized carbons (Fsp3) is 0.500. The Balaban J connectivity index is 2.63. The molecule has 0 saturated carbocycles. The minimum Gasteiger partial charge on any atom is -0.368 e. The van der Waals surface area contributed by atoms with Crippen molar-refractivity contribution in [1.29, 1.82) is 0 Å². The van der Waals surface area contributed by atoms with Gasteiger partial charge in [-0.25, -0.2) is 4.98 Å². The molecule has 1 N–H and O–H groups in total. The molecule has 0 radical (unpaired) electrons. The highest BCUT2D eigenvalue weighted by atomic mass is 79.9. The minimum absolute atomic E-state index is 0.601. The zero-order chi connectivity index (χ0) is 10.6. The van der Waals surface area contributed by atoms with E-state index in [0.29, 0.717) is 5.25 Å². The van der Waals surface area contributed by atoms with E-state index in [1.807, 2.05) is 24.0 Å². The lowest BCUT2D eigenvalue weighted by molar-refractivity contribution is 0.988. The van der Waals surface area contributed by atoms with E-state index < -0.39 is 0 Å². The van der Waals surface area contributed by atoms with Crippen LogP contribution in [0.3, 0.4) is 0 Å². The van der Waals surface area contributed by atoms with Crippen molar-refractivity contribution in [3.8, 4) is 0 Å². The SMILES string of the molecule is CSC(C)CNc1nccc(C)c1Br. The molecule has 0 amide bonds. The summed E-state index contributed by atoms with van der Waals surface area (Å²) in [5.74, 6) is 0.936. The first-order valence-corrected chi connectivity index (χ1v) is 6.61. The Bertz CT molecular complexity index is 304. The quantitative estimate of drug-likeness (QED) is 0.912. The summed E-state index contributed by atoms with van der Waals surface area (Å²) in [7, 11) is 0. The van der Waals surface area contributed by atoms with E-state index in [-0.39, 0.29) is 0 Å². The first-order chi connectivity index (χ1) is 6.65. The van der Waals surface area contributed by atoms with Crippen LogP contribution in [-0.2, 0) is 0 Å². The van der Waals surface area contributed by atoms with E-state index in [9.17, 15) is 0 Å². The van der Waals surface area contributed by atoms with Crippen LogP contribution in [0.2, 0.25) is 0 Å². The molecule has 0 aromatic carbocycles. The zero-order valence-electron chi connectivity index (χ0n) is 8.67. The lowest BCUT2D eigenvalue weighted by Gasteiger charge is -2.12. The Kier molecular flexibility index (Phi) is 4.75. The number of nitrogens with one attached hydrogen (secondary N) is 1. The number of halogens is 1. The zero-order valence-corrected chi connectivity index (χ0v) is 11.1. The van der Waals surface area contributed by atoms with E-state index in [1.54, 1.807) is 0 Å². The van der Waals surface area contributed by atoms with Gasteiger partial charge >= 0.3 is 0 Å². The maximum absolute atomic E-state index is 4.28. The van der Waals surface area contributed by atoms with Gasteiger partial charge in [-0.15, -0.1) is 0 Å². The average molecular weight is 275 g/mol. The standard InChI is InChI=1S/C10H15BrN2S/c1-7-4-5-12-10(9(7)11)13-6-8(2)14-3/h4-5,8H,6H2,1-3H3,(H,12,13). The number of aryl methyl sites for hydroxylation is 1. The predicted octanol–water partition coefficient (Wildman–Crippen LogP) is 3.32. The summed E-state index contributed by atoms with van der Waals surface area (Å²) in [6, 6.07) is 1.99. The van der Waals surface area contributed by atoms with E-state index in [1.165, 1.54) is 5.56 Å². The second kappa shape index (κ2) is 5.61.